The normalized spacial score (nSPS) is 15.6. The molecule has 0 aliphatic carbocycles. The second kappa shape index (κ2) is 5.17. The van der Waals surface area contributed by atoms with Crippen LogP contribution in [0.25, 0.3) is 10.8 Å². The summed E-state index contributed by atoms with van der Waals surface area (Å²) in [7, 11) is 0. The molecule has 2 aliphatic heterocycles. The summed E-state index contributed by atoms with van der Waals surface area (Å²) in [5, 5.41) is 2.08. The molecular formula is C20H12N4O4. The average molecular weight is 372 g/mol. The molecule has 2 aliphatic rings. The highest BCUT2D eigenvalue weighted by Crippen LogP contribution is 2.36. The first-order valence-electron chi connectivity index (χ1n) is 8.38. The minimum atomic E-state index is -0.797. The number of benzene rings is 3. The highest BCUT2D eigenvalue weighted by Gasteiger charge is 2.47. The number of anilines is 2. The molecule has 8 nitrogen and oxygen atoms in total. The number of carbonyl (C=O) groups is 4. The van der Waals surface area contributed by atoms with E-state index >= 15 is 0 Å². The Morgan fingerprint density at radius 1 is 0.571 bits per heavy atom. The van der Waals surface area contributed by atoms with E-state index < -0.39 is 23.6 Å². The molecule has 0 atom stereocenters. The van der Waals surface area contributed by atoms with E-state index in [0.29, 0.717) is 32.2 Å². The van der Waals surface area contributed by atoms with Gasteiger partial charge in [0, 0.05) is 16.8 Å². The molecule has 0 radical (unpaired) electrons. The monoisotopic (exact) mass is 372 g/mol. The second-order valence-corrected chi connectivity index (χ2v) is 6.62. The molecule has 136 valence electrons. The molecule has 0 unspecified atom stereocenters. The van der Waals surface area contributed by atoms with Gasteiger partial charge in [-0.15, -0.1) is 0 Å². The first-order chi connectivity index (χ1) is 13.4. The van der Waals surface area contributed by atoms with Crippen molar-refractivity contribution in [2.24, 2.45) is 0 Å². The van der Waals surface area contributed by atoms with Gasteiger partial charge >= 0.3 is 0 Å². The molecule has 0 saturated heterocycles. The molecule has 2 heterocycles. The van der Waals surface area contributed by atoms with Crippen molar-refractivity contribution in [1.29, 1.82) is 0 Å². The largest absolute Gasteiger partial charge is 0.399 e. The van der Waals surface area contributed by atoms with Crippen molar-refractivity contribution in [3.63, 3.8) is 0 Å². The predicted molar refractivity (Wildman–Crippen MR) is 100 cm³/mol. The lowest BCUT2D eigenvalue weighted by atomic mass is 9.93. The maximum atomic E-state index is 13.2. The number of nitrogens with zero attached hydrogens (tertiary/aromatic N) is 2. The number of fused-ring (bicyclic) bond motifs is 1. The number of rotatable bonds is 1. The standard InChI is InChI=1S/C20H12N4O4/c21-10-5-9-6-11(22)8-15-16(9)14(7-10)19(27)24(20(15)28)23-17(25)12-3-1-2-4-13(12)18(23)26/h1-8H,21-22H2. The van der Waals surface area contributed by atoms with Crippen LogP contribution in [0.5, 0.6) is 0 Å². The lowest BCUT2D eigenvalue weighted by molar-refractivity contribution is 0.00524. The maximum absolute atomic E-state index is 13.2. The molecule has 4 N–H and O–H groups in total. The van der Waals surface area contributed by atoms with Crippen LogP contribution in [0.2, 0.25) is 0 Å². The van der Waals surface area contributed by atoms with E-state index in [0.717, 1.165) is 0 Å². The molecule has 0 saturated carbocycles. The lowest BCUT2D eigenvalue weighted by Crippen LogP contribution is -2.54. The fraction of sp³-hybridized carbons (Fsp3) is 0. The fourth-order valence-electron chi connectivity index (χ4n) is 3.76. The zero-order valence-corrected chi connectivity index (χ0v) is 14.3. The Bertz CT molecular complexity index is 1190. The molecule has 0 aromatic heterocycles. The van der Waals surface area contributed by atoms with Gasteiger partial charge in [0.15, 0.2) is 0 Å². The van der Waals surface area contributed by atoms with Gasteiger partial charge in [-0.1, -0.05) is 12.1 Å². The summed E-state index contributed by atoms with van der Waals surface area (Å²) in [6.45, 7) is 0. The van der Waals surface area contributed by atoms with Crippen LogP contribution in [0.15, 0.2) is 48.5 Å². The van der Waals surface area contributed by atoms with Crippen molar-refractivity contribution in [3.8, 4) is 0 Å². The Morgan fingerprint density at radius 2 is 0.964 bits per heavy atom. The Kier molecular flexibility index (Phi) is 2.95. The topological polar surface area (TPSA) is 127 Å². The number of nitrogens with two attached hydrogens (primary N) is 2. The number of hydrogen-bond donors (Lipinski definition) is 2. The Morgan fingerprint density at radius 3 is 1.39 bits per heavy atom. The minimum absolute atomic E-state index is 0.126. The minimum Gasteiger partial charge on any atom is -0.399 e. The van der Waals surface area contributed by atoms with Gasteiger partial charge in [0.1, 0.15) is 0 Å². The Balaban J connectivity index is 1.74. The lowest BCUT2D eigenvalue weighted by Gasteiger charge is -2.32. The zero-order valence-electron chi connectivity index (χ0n) is 14.3. The van der Waals surface area contributed by atoms with Crippen LogP contribution in [0.1, 0.15) is 41.4 Å². The number of nitrogen functional groups attached to an aromatic ring is 2. The summed E-state index contributed by atoms with van der Waals surface area (Å²) in [4.78, 5) is 51.9. The van der Waals surface area contributed by atoms with E-state index in [1.54, 1.807) is 24.3 Å². The van der Waals surface area contributed by atoms with Gasteiger partial charge in [0.05, 0.1) is 22.3 Å². The van der Waals surface area contributed by atoms with Crippen LogP contribution in [0, 0.1) is 0 Å². The van der Waals surface area contributed by atoms with Gasteiger partial charge in [-0.3, -0.25) is 19.2 Å². The van der Waals surface area contributed by atoms with Crippen molar-refractivity contribution in [1.82, 2.24) is 10.0 Å². The van der Waals surface area contributed by atoms with E-state index in [9.17, 15) is 19.2 Å². The molecule has 28 heavy (non-hydrogen) atoms. The second-order valence-electron chi connectivity index (χ2n) is 6.62. The Labute approximate surface area is 157 Å². The van der Waals surface area contributed by atoms with Gasteiger partial charge in [0.25, 0.3) is 23.6 Å². The van der Waals surface area contributed by atoms with Gasteiger partial charge in [-0.05, 0) is 41.8 Å². The SMILES string of the molecule is Nc1cc2c3c(cc(N)cc3c1)C(=O)N(N1C(=O)c3ccccc3C1=O)C2=O. The molecule has 8 heteroatoms. The van der Waals surface area contributed by atoms with Crippen LogP contribution >= 0.6 is 0 Å². The van der Waals surface area contributed by atoms with E-state index in [4.69, 9.17) is 11.5 Å². The molecule has 5 rings (SSSR count). The van der Waals surface area contributed by atoms with E-state index in [2.05, 4.69) is 0 Å². The number of hydrazine groups is 1. The van der Waals surface area contributed by atoms with E-state index in [1.165, 1.54) is 24.3 Å². The smallest absolute Gasteiger partial charge is 0.281 e. The maximum Gasteiger partial charge on any atom is 0.281 e. The highest BCUT2D eigenvalue weighted by molar-refractivity contribution is 6.30. The molecule has 0 fully saturated rings. The zero-order chi connectivity index (χ0) is 19.7. The Hall–Kier alpha value is -4.20. The van der Waals surface area contributed by atoms with Gasteiger partial charge in [-0.2, -0.15) is 10.0 Å². The fourth-order valence-corrected chi connectivity index (χ4v) is 3.76. The predicted octanol–water partition coefficient (Wildman–Crippen LogP) is 1.81. The number of imide groups is 2. The summed E-state index contributed by atoms with van der Waals surface area (Å²) >= 11 is 0. The summed E-state index contributed by atoms with van der Waals surface area (Å²) in [6.07, 6.45) is 0. The molecule has 3 aromatic rings. The highest BCUT2D eigenvalue weighted by atomic mass is 16.2. The molecule has 3 aromatic carbocycles. The van der Waals surface area contributed by atoms with Crippen LogP contribution in [0.3, 0.4) is 0 Å². The third-order valence-electron chi connectivity index (χ3n) is 4.91. The average Bonchev–Trinajstić information content (AvgIpc) is 2.91. The van der Waals surface area contributed by atoms with E-state index in [-0.39, 0.29) is 22.3 Å². The van der Waals surface area contributed by atoms with E-state index in [1.807, 2.05) is 0 Å². The van der Waals surface area contributed by atoms with Crippen molar-refractivity contribution in [3.05, 3.63) is 70.8 Å². The van der Waals surface area contributed by atoms with Crippen LogP contribution in [0.4, 0.5) is 11.4 Å². The van der Waals surface area contributed by atoms with Gasteiger partial charge in [0.2, 0.25) is 0 Å². The summed E-state index contributed by atoms with van der Waals surface area (Å²) < 4.78 is 0. The molecule has 0 spiro atoms. The first kappa shape index (κ1) is 16.0. The summed E-state index contributed by atoms with van der Waals surface area (Å²) in [5.41, 5.74) is 12.9. The molecular weight excluding hydrogens is 360 g/mol. The van der Waals surface area contributed by atoms with Crippen LogP contribution in [-0.4, -0.2) is 33.6 Å². The number of carbonyl (C=O) groups excluding carboxylic acids is 4. The number of amides is 4. The van der Waals surface area contributed by atoms with Crippen molar-refractivity contribution >= 4 is 45.8 Å². The van der Waals surface area contributed by atoms with Crippen molar-refractivity contribution in [2.75, 3.05) is 11.5 Å². The quantitative estimate of drug-likeness (QED) is 0.495. The van der Waals surface area contributed by atoms with Gasteiger partial charge in [-0.25, -0.2) is 0 Å². The summed E-state index contributed by atoms with van der Waals surface area (Å²) in [6, 6.07) is 12.2. The van der Waals surface area contributed by atoms with Crippen LogP contribution < -0.4 is 11.5 Å². The van der Waals surface area contributed by atoms with Gasteiger partial charge < -0.3 is 11.5 Å². The van der Waals surface area contributed by atoms with Crippen molar-refractivity contribution < 1.29 is 19.2 Å². The summed E-state index contributed by atoms with van der Waals surface area (Å²) in [5.74, 6) is -3.08. The third kappa shape index (κ3) is 1.88. The molecule has 4 amide bonds. The number of hydrogen-bond acceptors (Lipinski definition) is 6. The first-order valence-corrected chi connectivity index (χ1v) is 8.38. The third-order valence-corrected chi connectivity index (χ3v) is 4.91. The van der Waals surface area contributed by atoms with Crippen LogP contribution in [-0.2, 0) is 0 Å². The molecule has 0 bridgehead atoms. The van der Waals surface area contributed by atoms with Crippen molar-refractivity contribution in [2.45, 2.75) is 0 Å².